The molecular weight excluding hydrogens is 288 g/mol. The molecule has 0 fully saturated rings. The number of aliphatic carboxylic acids is 1. The zero-order chi connectivity index (χ0) is 15.8. The Labute approximate surface area is 130 Å². The van der Waals surface area contributed by atoms with Crippen LogP contribution in [0.15, 0.2) is 16.8 Å². The fourth-order valence-corrected chi connectivity index (χ4v) is 2.91. The number of carboxylic acid groups (broad SMARTS) is 1. The molecule has 0 saturated heterocycles. The number of rotatable bonds is 8. The van der Waals surface area contributed by atoms with Gasteiger partial charge < -0.3 is 15.3 Å². The summed E-state index contributed by atoms with van der Waals surface area (Å²) in [5.74, 6) is -0.433. The minimum Gasteiger partial charge on any atom is -0.481 e. The average molecular weight is 312 g/mol. The van der Waals surface area contributed by atoms with Crippen LogP contribution in [0.3, 0.4) is 0 Å². The van der Waals surface area contributed by atoms with Gasteiger partial charge in [-0.25, -0.2) is 4.79 Å². The van der Waals surface area contributed by atoms with Gasteiger partial charge in [-0.1, -0.05) is 13.8 Å². The Balaban J connectivity index is 2.42. The minimum absolute atomic E-state index is 0.0269. The van der Waals surface area contributed by atoms with Crippen LogP contribution in [0.1, 0.15) is 32.3 Å². The number of nitrogens with one attached hydrogen (secondary N) is 1. The van der Waals surface area contributed by atoms with Crippen LogP contribution in [-0.2, 0) is 11.3 Å². The number of carboxylic acids is 1. The van der Waals surface area contributed by atoms with Gasteiger partial charge in [0.25, 0.3) is 0 Å². The van der Waals surface area contributed by atoms with Gasteiger partial charge in [0.05, 0.1) is 0 Å². The summed E-state index contributed by atoms with van der Waals surface area (Å²) in [6.07, 6.45) is 0.882. The number of amides is 2. The van der Waals surface area contributed by atoms with Crippen molar-refractivity contribution in [3.63, 3.8) is 0 Å². The minimum atomic E-state index is -0.818. The molecule has 118 valence electrons. The van der Waals surface area contributed by atoms with Crippen LogP contribution < -0.4 is 5.32 Å². The lowest BCUT2D eigenvalue weighted by atomic mass is 9.94. The molecule has 0 saturated carbocycles. The summed E-state index contributed by atoms with van der Waals surface area (Å²) in [5.41, 5.74) is 1.10. The van der Waals surface area contributed by atoms with Gasteiger partial charge in [-0.15, -0.1) is 0 Å². The van der Waals surface area contributed by atoms with Gasteiger partial charge in [0.15, 0.2) is 0 Å². The highest BCUT2D eigenvalue weighted by Crippen LogP contribution is 2.15. The second-order valence-corrected chi connectivity index (χ2v) is 6.55. The van der Waals surface area contributed by atoms with Gasteiger partial charge >= 0.3 is 12.0 Å². The van der Waals surface area contributed by atoms with Crippen LogP contribution in [0.2, 0.25) is 0 Å². The second kappa shape index (κ2) is 8.67. The van der Waals surface area contributed by atoms with Crippen LogP contribution in [0.25, 0.3) is 0 Å². The molecule has 21 heavy (non-hydrogen) atoms. The van der Waals surface area contributed by atoms with Crippen LogP contribution >= 0.6 is 11.3 Å². The van der Waals surface area contributed by atoms with Gasteiger partial charge in [-0.3, -0.25) is 4.79 Å². The number of carbonyl (C=O) groups is 2. The van der Waals surface area contributed by atoms with Crippen molar-refractivity contribution in [1.29, 1.82) is 0 Å². The first kappa shape index (κ1) is 17.5. The van der Waals surface area contributed by atoms with Gasteiger partial charge in [-0.05, 0) is 40.6 Å². The first-order valence-electron chi connectivity index (χ1n) is 7.10. The smallest absolute Gasteiger partial charge is 0.317 e. The predicted molar refractivity (Wildman–Crippen MR) is 84.4 cm³/mol. The van der Waals surface area contributed by atoms with E-state index >= 15 is 0 Å². The van der Waals surface area contributed by atoms with E-state index in [1.165, 1.54) is 0 Å². The zero-order valence-corrected chi connectivity index (χ0v) is 13.7. The maximum atomic E-state index is 12.0. The number of thiophene rings is 1. The molecule has 2 amide bonds. The Hall–Kier alpha value is -1.56. The molecule has 1 aromatic heterocycles. The number of urea groups is 1. The zero-order valence-electron chi connectivity index (χ0n) is 12.8. The van der Waals surface area contributed by atoms with Gasteiger partial charge in [0, 0.05) is 26.6 Å². The number of hydrogen-bond donors (Lipinski definition) is 2. The van der Waals surface area contributed by atoms with E-state index in [1.807, 2.05) is 16.8 Å². The van der Waals surface area contributed by atoms with Crippen LogP contribution in [-0.4, -0.2) is 35.6 Å². The molecule has 0 unspecified atom stereocenters. The fourth-order valence-electron chi connectivity index (χ4n) is 2.25. The van der Waals surface area contributed by atoms with E-state index < -0.39 is 5.97 Å². The Bertz CT molecular complexity index is 446. The molecular formula is C15H24N2O3S. The van der Waals surface area contributed by atoms with E-state index in [0.717, 1.165) is 12.0 Å². The van der Waals surface area contributed by atoms with E-state index in [4.69, 9.17) is 5.11 Å². The summed E-state index contributed by atoms with van der Waals surface area (Å²) in [4.78, 5) is 24.5. The Morgan fingerprint density at radius 3 is 2.67 bits per heavy atom. The van der Waals surface area contributed by atoms with Crippen molar-refractivity contribution in [3.05, 3.63) is 22.4 Å². The quantitative estimate of drug-likeness (QED) is 0.775. The number of nitrogens with zero attached hydrogens (tertiary/aromatic N) is 1. The molecule has 0 spiro atoms. The molecule has 0 aromatic carbocycles. The van der Waals surface area contributed by atoms with E-state index in [1.54, 1.807) is 23.3 Å². The van der Waals surface area contributed by atoms with Gasteiger partial charge in [-0.2, -0.15) is 11.3 Å². The van der Waals surface area contributed by atoms with Crippen molar-refractivity contribution in [3.8, 4) is 0 Å². The van der Waals surface area contributed by atoms with Crippen LogP contribution in [0, 0.1) is 11.8 Å². The molecule has 1 aromatic rings. The molecule has 6 heteroatoms. The average Bonchev–Trinajstić information content (AvgIpc) is 2.86. The number of hydrogen-bond acceptors (Lipinski definition) is 3. The maximum Gasteiger partial charge on any atom is 0.317 e. The first-order valence-corrected chi connectivity index (χ1v) is 8.04. The highest BCUT2D eigenvalue weighted by Gasteiger charge is 2.17. The predicted octanol–water partition coefficient (Wildman–Crippen LogP) is 3.03. The van der Waals surface area contributed by atoms with E-state index in [-0.39, 0.29) is 18.4 Å². The molecule has 2 N–H and O–H groups in total. The SMILES string of the molecule is CC(C)C[C@H](CNC(=O)N(C)Cc1ccsc1)CC(=O)O. The number of carbonyl (C=O) groups excluding carboxylic acids is 1. The summed E-state index contributed by atoms with van der Waals surface area (Å²) < 4.78 is 0. The summed E-state index contributed by atoms with van der Waals surface area (Å²) in [7, 11) is 1.74. The highest BCUT2D eigenvalue weighted by atomic mass is 32.1. The third-order valence-corrected chi connectivity index (χ3v) is 3.89. The van der Waals surface area contributed by atoms with Crippen molar-refractivity contribution < 1.29 is 14.7 Å². The van der Waals surface area contributed by atoms with Crippen LogP contribution in [0.5, 0.6) is 0 Å². The lowest BCUT2D eigenvalue weighted by Crippen LogP contribution is -2.39. The third-order valence-electron chi connectivity index (χ3n) is 3.16. The largest absolute Gasteiger partial charge is 0.481 e. The van der Waals surface area contributed by atoms with E-state index in [0.29, 0.717) is 19.0 Å². The molecule has 0 aliphatic rings. The fraction of sp³-hybridized carbons (Fsp3) is 0.600. The highest BCUT2D eigenvalue weighted by molar-refractivity contribution is 7.07. The molecule has 0 bridgehead atoms. The first-order chi connectivity index (χ1) is 9.88. The van der Waals surface area contributed by atoms with Crippen molar-refractivity contribution >= 4 is 23.3 Å². The van der Waals surface area contributed by atoms with E-state index in [2.05, 4.69) is 19.2 Å². The van der Waals surface area contributed by atoms with Crippen LogP contribution in [0.4, 0.5) is 4.79 Å². The van der Waals surface area contributed by atoms with Crippen molar-refractivity contribution in [2.75, 3.05) is 13.6 Å². The van der Waals surface area contributed by atoms with Gasteiger partial charge in [0.2, 0.25) is 0 Å². The van der Waals surface area contributed by atoms with Crippen molar-refractivity contribution in [1.82, 2.24) is 10.2 Å². The van der Waals surface area contributed by atoms with Crippen molar-refractivity contribution in [2.45, 2.75) is 33.2 Å². The van der Waals surface area contributed by atoms with Crippen molar-refractivity contribution in [2.24, 2.45) is 11.8 Å². The summed E-state index contributed by atoms with van der Waals surface area (Å²) in [6.45, 7) is 5.07. The van der Waals surface area contributed by atoms with Gasteiger partial charge in [0.1, 0.15) is 0 Å². The summed E-state index contributed by atoms with van der Waals surface area (Å²) >= 11 is 1.60. The summed E-state index contributed by atoms with van der Waals surface area (Å²) in [5, 5.41) is 15.7. The molecule has 5 nitrogen and oxygen atoms in total. The molecule has 1 atom stereocenters. The second-order valence-electron chi connectivity index (χ2n) is 5.77. The maximum absolute atomic E-state index is 12.0. The molecule has 1 rings (SSSR count). The van der Waals surface area contributed by atoms with E-state index in [9.17, 15) is 9.59 Å². The topological polar surface area (TPSA) is 69.6 Å². The lowest BCUT2D eigenvalue weighted by Gasteiger charge is -2.21. The standard InChI is InChI=1S/C15H24N2O3S/c1-11(2)6-13(7-14(18)19)8-16-15(20)17(3)9-12-4-5-21-10-12/h4-5,10-11,13H,6-9H2,1-3H3,(H,16,20)(H,18,19)/t13-/m0/s1. The normalized spacial score (nSPS) is 12.2. The Kier molecular flexibility index (Phi) is 7.22. The Morgan fingerprint density at radius 1 is 1.43 bits per heavy atom. The molecule has 1 heterocycles. The monoisotopic (exact) mass is 312 g/mol. The summed E-state index contributed by atoms with van der Waals surface area (Å²) in [6, 6.07) is 1.82. The lowest BCUT2D eigenvalue weighted by molar-refractivity contribution is -0.138. The Morgan fingerprint density at radius 2 is 2.14 bits per heavy atom. The molecule has 0 radical (unpaired) electrons. The molecule has 0 aliphatic heterocycles. The third kappa shape index (κ3) is 7.13. The molecule has 0 aliphatic carbocycles.